The lowest BCUT2D eigenvalue weighted by atomic mass is 10.0. The summed E-state index contributed by atoms with van der Waals surface area (Å²) in [6.45, 7) is 0.239. The Labute approximate surface area is 243 Å². The van der Waals surface area contributed by atoms with Gasteiger partial charge in [-0.3, -0.25) is 14.6 Å². The van der Waals surface area contributed by atoms with E-state index in [1.54, 1.807) is 22.2 Å². The van der Waals surface area contributed by atoms with Crippen LogP contribution >= 0.6 is 31.9 Å². The van der Waals surface area contributed by atoms with E-state index in [-0.39, 0.29) is 24.4 Å². The summed E-state index contributed by atoms with van der Waals surface area (Å²) >= 11 is 7.23. The standard InChI is InChI=1S/C31H24Br2N4O2/c32-24-17-15-21(16-18-24)27-20-35-29(38)19-28(22-9-3-1-4-10-22)37(35)30(25-13-7-8-14-26(25)33)36(34-27)31(39)23-11-5-2-6-12-23/h1-18,28,30H,19-20H2/t28-,30-/m0/s1. The predicted octanol–water partition coefficient (Wildman–Crippen LogP) is 6.96. The van der Waals surface area contributed by atoms with Crippen molar-refractivity contribution in [3.05, 3.63) is 140 Å². The second kappa shape index (κ2) is 10.9. The molecule has 6 nitrogen and oxygen atoms in total. The third-order valence-electron chi connectivity index (χ3n) is 7.04. The van der Waals surface area contributed by atoms with Gasteiger partial charge in [0.1, 0.15) is 0 Å². The summed E-state index contributed by atoms with van der Waals surface area (Å²) in [4.78, 5) is 27.9. The van der Waals surface area contributed by atoms with E-state index < -0.39 is 6.17 Å². The van der Waals surface area contributed by atoms with Crippen LogP contribution < -0.4 is 0 Å². The van der Waals surface area contributed by atoms with Gasteiger partial charge in [0.25, 0.3) is 5.91 Å². The van der Waals surface area contributed by atoms with Gasteiger partial charge in [0.2, 0.25) is 5.91 Å². The molecule has 0 radical (unpaired) electrons. The number of halogens is 2. The van der Waals surface area contributed by atoms with Crippen LogP contribution in [0.25, 0.3) is 0 Å². The third kappa shape index (κ3) is 4.95. The highest BCUT2D eigenvalue weighted by molar-refractivity contribution is 9.10. The first kappa shape index (κ1) is 25.7. The number of fused-ring (bicyclic) bond motifs is 1. The van der Waals surface area contributed by atoms with Gasteiger partial charge in [-0.1, -0.05) is 111 Å². The lowest BCUT2D eigenvalue weighted by Crippen LogP contribution is -2.48. The van der Waals surface area contributed by atoms with Gasteiger partial charge >= 0.3 is 0 Å². The third-order valence-corrected chi connectivity index (χ3v) is 8.29. The maximum absolute atomic E-state index is 14.3. The number of hydrogen-bond donors (Lipinski definition) is 0. The van der Waals surface area contributed by atoms with E-state index in [4.69, 9.17) is 5.10 Å². The number of nitrogens with zero attached hydrogens (tertiary/aromatic N) is 4. The first-order valence-electron chi connectivity index (χ1n) is 12.6. The fourth-order valence-corrected chi connectivity index (χ4v) is 5.92. The van der Waals surface area contributed by atoms with Crippen LogP contribution in [0, 0.1) is 0 Å². The lowest BCUT2D eigenvalue weighted by molar-refractivity contribution is -0.146. The molecule has 194 valence electrons. The minimum atomic E-state index is -0.683. The van der Waals surface area contributed by atoms with Gasteiger partial charge in [0.05, 0.1) is 18.3 Å². The topological polar surface area (TPSA) is 56.2 Å². The van der Waals surface area contributed by atoms with Gasteiger partial charge in [0.15, 0.2) is 6.17 Å². The number of hydrazine groups is 1. The molecular weight excluding hydrogens is 620 g/mol. The van der Waals surface area contributed by atoms with Crippen molar-refractivity contribution in [2.24, 2.45) is 5.10 Å². The van der Waals surface area contributed by atoms with Crippen LogP contribution in [0.2, 0.25) is 0 Å². The molecule has 0 spiro atoms. The Morgan fingerprint density at radius 1 is 0.795 bits per heavy atom. The summed E-state index contributed by atoms with van der Waals surface area (Å²) in [6, 6.07) is 34.4. The normalized spacial score (nSPS) is 19.4. The molecule has 0 saturated carbocycles. The maximum Gasteiger partial charge on any atom is 0.275 e. The highest BCUT2D eigenvalue weighted by atomic mass is 79.9. The summed E-state index contributed by atoms with van der Waals surface area (Å²) in [6.07, 6.45) is -0.385. The van der Waals surface area contributed by atoms with Crippen molar-refractivity contribution < 1.29 is 9.59 Å². The van der Waals surface area contributed by atoms with Crippen LogP contribution in [0.5, 0.6) is 0 Å². The minimum Gasteiger partial charge on any atom is -0.273 e. The lowest BCUT2D eigenvalue weighted by Gasteiger charge is -2.40. The number of hydrogen-bond acceptors (Lipinski definition) is 4. The number of amides is 2. The fourth-order valence-electron chi connectivity index (χ4n) is 5.17. The molecule has 4 aromatic rings. The zero-order chi connectivity index (χ0) is 26.9. The average molecular weight is 644 g/mol. The van der Waals surface area contributed by atoms with Crippen LogP contribution in [0.3, 0.4) is 0 Å². The largest absolute Gasteiger partial charge is 0.275 e. The van der Waals surface area contributed by atoms with E-state index in [9.17, 15) is 9.59 Å². The Hall–Kier alpha value is -3.59. The number of hydrazone groups is 1. The van der Waals surface area contributed by atoms with Gasteiger partial charge in [-0.05, 0) is 41.5 Å². The smallest absolute Gasteiger partial charge is 0.273 e. The van der Waals surface area contributed by atoms with Crippen LogP contribution in [-0.2, 0) is 4.79 Å². The van der Waals surface area contributed by atoms with Gasteiger partial charge in [-0.2, -0.15) is 10.1 Å². The number of carbonyl (C=O) groups excluding carboxylic acids is 2. The average Bonchev–Trinajstić information content (AvgIpc) is 3.18. The van der Waals surface area contributed by atoms with Crippen molar-refractivity contribution >= 4 is 49.4 Å². The van der Waals surface area contributed by atoms with Crippen molar-refractivity contribution in [3.63, 3.8) is 0 Å². The Morgan fingerprint density at radius 3 is 2.13 bits per heavy atom. The van der Waals surface area contributed by atoms with Gasteiger partial charge in [0, 0.05) is 26.5 Å². The molecule has 2 aliphatic rings. The summed E-state index contributed by atoms with van der Waals surface area (Å²) < 4.78 is 1.76. The molecule has 0 aliphatic carbocycles. The molecule has 4 aromatic carbocycles. The molecule has 0 aromatic heterocycles. The molecule has 6 rings (SSSR count). The molecule has 2 aliphatic heterocycles. The Morgan fingerprint density at radius 2 is 1.44 bits per heavy atom. The molecule has 0 N–H and O–H groups in total. The number of carbonyl (C=O) groups is 2. The first-order valence-corrected chi connectivity index (χ1v) is 14.2. The van der Waals surface area contributed by atoms with E-state index in [1.165, 1.54) is 0 Å². The molecule has 1 fully saturated rings. The summed E-state index contributed by atoms with van der Waals surface area (Å²) in [7, 11) is 0. The van der Waals surface area contributed by atoms with Crippen molar-refractivity contribution in [1.29, 1.82) is 0 Å². The van der Waals surface area contributed by atoms with E-state index in [2.05, 4.69) is 31.9 Å². The van der Waals surface area contributed by atoms with Gasteiger partial charge in [-0.15, -0.1) is 0 Å². The van der Waals surface area contributed by atoms with Crippen LogP contribution in [0.1, 0.15) is 45.7 Å². The fraction of sp³-hybridized carbons (Fsp3) is 0.129. The molecule has 2 amide bonds. The molecule has 0 bridgehead atoms. The van der Waals surface area contributed by atoms with Crippen molar-refractivity contribution in [3.8, 4) is 0 Å². The van der Waals surface area contributed by atoms with Crippen molar-refractivity contribution in [2.75, 3.05) is 6.54 Å². The Kier molecular flexibility index (Phi) is 7.16. The van der Waals surface area contributed by atoms with Crippen LogP contribution in [0.4, 0.5) is 0 Å². The van der Waals surface area contributed by atoms with E-state index in [1.807, 2.05) is 102 Å². The minimum absolute atomic E-state index is 0.0141. The van der Waals surface area contributed by atoms with Crippen LogP contribution in [0.15, 0.2) is 123 Å². The highest BCUT2D eigenvalue weighted by Crippen LogP contribution is 2.45. The molecule has 0 unspecified atom stereocenters. The molecule has 1 saturated heterocycles. The monoisotopic (exact) mass is 642 g/mol. The van der Waals surface area contributed by atoms with Gasteiger partial charge < -0.3 is 0 Å². The molecule has 2 heterocycles. The molecule has 39 heavy (non-hydrogen) atoms. The second-order valence-corrected chi connectivity index (χ2v) is 11.2. The summed E-state index contributed by atoms with van der Waals surface area (Å²) in [5, 5.41) is 10.4. The van der Waals surface area contributed by atoms with Gasteiger partial charge in [-0.25, -0.2) is 5.01 Å². The second-order valence-electron chi connectivity index (χ2n) is 9.43. The maximum atomic E-state index is 14.3. The first-order chi connectivity index (χ1) is 19.0. The SMILES string of the molecule is O=C(c1ccccc1)N1N=C(c2ccc(Br)cc2)CN2C(=O)C[C@@H](c3ccccc3)N2[C@H]1c1ccccc1Br. The molecular formula is C31H24Br2N4O2. The Bertz CT molecular complexity index is 1540. The van der Waals surface area contributed by atoms with E-state index in [0.29, 0.717) is 17.7 Å². The van der Waals surface area contributed by atoms with Crippen molar-refractivity contribution in [1.82, 2.24) is 15.0 Å². The summed E-state index contributed by atoms with van der Waals surface area (Å²) in [5.41, 5.74) is 3.83. The van der Waals surface area contributed by atoms with Crippen molar-refractivity contribution in [2.45, 2.75) is 18.6 Å². The van der Waals surface area contributed by atoms with E-state index >= 15 is 0 Å². The summed E-state index contributed by atoms with van der Waals surface area (Å²) in [5.74, 6) is -0.265. The molecule has 8 heteroatoms. The molecule has 2 atom stereocenters. The van der Waals surface area contributed by atoms with Crippen LogP contribution in [-0.4, -0.2) is 39.1 Å². The zero-order valence-electron chi connectivity index (χ0n) is 20.8. The number of benzene rings is 4. The number of rotatable bonds is 4. The zero-order valence-corrected chi connectivity index (χ0v) is 24.0. The highest BCUT2D eigenvalue weighted by Gasteiger charge is 2.49. The predicted molar refractivity (Wildman–Crippen MR) is 158 cm³/mol. The Balaban J connectivity index is 1.59. The quantitative estimate of drug-likeness (QED) is 0.242. The van der Waals surface area contributed by atoms with E-state index in [0.717, 1.165) is 25.6 Å².